The van der Waals surface area contributed by atoms with Crippen LogP contribution in [-0.2, 0) is 16.6 Å². The van der Waals surface area contributed by atoms with Gasteiger partial charge in [-0.05, 0) is 19.1 Å². The van der Waals surface area contributed by atoms with E-state index in [0.717, 1.165) is 6.20 Å². The molecule has 20 heavy (non-hydrogen) atoms. The second-order valence-electron chi connectivity index (χ2n) is 3.86. The van der Waals surface area contributed by atoms with Crippen molar-refractivity contribution in [2.75, 3.05) is 0 Å². The van der Waals surface area contributed by atoms with Crippen LogP contribution in [0.1, 0.15) is 11.5 Å². The third-order valence-electron chi connectivity index (χ3n) is 2.36. The Morgan fingerprint density at radius 2 is 2.05 bits per heavy atom. The number of pyridine rings is 1. The zero-order valence-corrected chi connectivity index (χ0v) is 12.7. The van der Waals surface area contributed by atoms with Crippen LogP contribution in [0.25, 0.3) is 0 Å². The van der Waals surface area contributed by atoms with Crippen molar-refractivity contribution in [3.63, 3.8) is 0 Å². The van der Waals surface area contributed by atoms with E-state index in [1.807, 2.05) is 0 Å². The number of aryl methyl sites for hydroxylation is 1. The van der Waals surface area contributed by atoms with Gasteiger partial charge in [0.05, 0.1) is 17.3 Å². The van der Waals surface area contributed by atoms with Gasteiger partial charge in [0.15, 0.2) is 0 Å². The molecule has 0 aliphatic rings. The average Bonchev–Trinajstić information content (AvgIpc) is 2.40. The molecule has 2 heterocycles. The first-order valence-corrected chi connectivity index (χ1v) is 7.71. The molecule has 0 radical (unpaired) electrons. The lowest BCUT2D eigenvalue weighted by Crippen LogP contribution is -2.24. The molecule has 0 amide bonds. The minimum Gasteiger partial charge on any atom is -0.242 e. The Morgan fingerprint density at radius 3 is 2.70 bits per heavy atom. The number of sulfonamides is 1. The zero-order chi connectivity index (χ0) is 14.8. The molecular formula is C11H10Cl2N4O2S. The maximum absolute atomic E-state index is 12.1. The summed E-state index contributed by atoms with van der Waals surface area (Å²) in [6.07, 6.45) is 2.70. The van der Waals surface area contributed by atoms with E-state index in [4.69, 9.17) is 23.2 Å². The van der Waals surface area contributed by atoms with Crippen LogP contribution in [0.3, 0.4) is 0 Å². The highest BCUT2D eigenvalue weighted by Crippen LogP contribution is 2.22. The molecule has 0 bridgehead atoms. The Balaban J connectivity index is 2.17. The highest BCUT2D eigenvalue weighted by atomic mass is 35.5. The number of rotatable bonds is 4. The van der Waals surface area contributed by atoms with Crippen molar-refractivity contribution in [3.8, 4) is 0 Å². The topological polar surface area (TPSA) is 84.8 Å². The smallest absolute Gasteiger partial charge is 0.242 e. The van der Waals surface area contributed by atoms with Gasteiger partial charge < -0.3 is 0 Å². The van der Waals surface area contributed by atoms with Crippen LogP contribution in [0.4, 0.5) is 0 Å². The summed E-state index contributed by atoms with van der Waals surface area (Å²) in [5.41, 5.74) is 0.564. The highest BCUT2D eigenvalue weighted by Gasteiger charge is 2.16. The number of halogens is 2. The van der Waals surface area contributed by atoms with Crippen LogP contribution in [0.15, 0.2) is 29.4 Å². The minimum atomic E-state index is -3.73. The van der Waals surface area contributed by atoms with E-state index < -0.39 is 10.0 Å². The number of nitrogens with zero attached hydrogens (tertiary/aromatic N) is 3. The number of hydrogen-bond donors (Lipinski definition) is 1. The summed E-state index contributed by atoms with van der Waals surface area (Å²) in [6.45, 7) is 1.77. The second-order valence-corrected chi connectivity index (χ2v) is 6.40. The van der Waals surface area contributed by atoms with Crippen LogP contribution in [0, 0.1) is 6.92 Å². The van der Waals surface area contributed by atoms with E-state index in [0.29, 0.717) is 11.5 Å². The van der Waals surface area contributed by atoms with Crippen molar-refractivity contribution >= 4 is 33.2 Å². The van der Waals surface area contributed by atoms with Gasteiger partial charge in [-0.1, -0.05) is 23.2 Å². The van der Waals surface area contributed by atoms with Crippen molar-refractivity contribution in [2.45, 2.75) is 18.4 Å². The predicted molar refractivity (Wildman–Crippen MR) is 75.1 cm³/mol. The van der Waals surface area contributed by atoms with Crippen LogP contribution in [0.5, 0.6) is 0 Å². The summed E-state index contributed by atoms with van der Waals surface area (Å²) in [5, 5.41) is 0.129. The molecule has 0 aliphatic heterocycles. The van der Waals surface area contributed by atoms with Gasteiger partial charge in [-0.25, -0.2) is 28.1 Å². The Hall–Kier alpha value is -1.28. The number of nitrogens with one attached hydrogen (secondary N) is 1. The van der Waals surface area contributed by atoms with Gasteiger partial charge >= 0.3 is 0 Å². The molecule has 9 heteroatoms. The SMILES string of the molecule is Cc1nccc(CNS(=O)(=O)c2cnc(Cl)c(Cl)c2)n1. The Bertz CT molecular complexity index is 737. The van der Waals surface area contributed by atoms with Crippen LogP contribution < -0.4 is 4.72 Å². The van der Waals surface area contributed by atoms with E-state index in [1.54, 1.807) is 19.2 Å². The van der Waals surface area contributed by atoms with E-state index >= 15 is 0 Å². The largest absolute Gasteiger partial charge is 0.242 e. The summed E-state index contributed by atoms with van der Waals surface area (Å²) in [7, 11) is -3.73. The fraction of sp³-hybridized carbons (Fsp3) is 0.182. The molecule has 6 nitrogen and oxygen atoms in total. The molecule has 0 aromatic carbocycles. The van der Waals surface area contributed by atoms with E-state index in [2.05, 4.69) is 19.7 Å². The molecule has 0 spiro atoms. The minimum absolute atomic E-state index is 0.0476. The summed E-state index contributed by atoms with van der Waals surface area (Å²) >= 11 is 11.4. The van der Waals surface area contributed by atoms with Gasteiger partial charge in [0.2, 0.25) is 10.0 Å². The monoisotopic (exact) mass is 332 g/mol. The van der Waals surface area contributed by atoms with E-state index in [1.165, 1.54) is 6.07 Å². The lowest BCUT2D eigenvalue weighted by Gasteiger charge is -2.07. The molecule has 106 valence electrons. The molecular weight excluding hydrogens is 323 g/mol. The predicted octanol–water partition coefficient (Wildman–Crippen LogP) is 1.97. The van der Waals surface area contributed by atoms with Crippen molar-refractivity contribution < 1.29 is 8.42 Å². The van der Waals surface area contributed by atoms with Crippen LogP contribution in [0.2, 0.25) is 10.2 Å². The average molecular weight is 333 g/mol. The molecule has 0 fully saturated rings. The van der Waals surface area contributed by atoms with Gasteiger partial charge in [0.25, 0.3) is 0 Å². The number of hydrogen-bond acceptors (Lipinski definition) is 5. The van der Waals surface area contributed by atoms with Gasteiger partial charge in [-0.2, -0.15) is 0 Å². The Kier molecular flexibility index (Phi) is 4.54. The first-order valence-electron chi connectivity index (χ1n) is 5.48. The molecule has 2 aromatic rings. The summed E-state index contributed by atoms with van der Waals surface area (Å²) in [6, 6.07) is 2.87. The maximum atomic E-state index is 12.1. The molecule has 1 N–H and O–H groups in total. The molecule has 0 atom stereocenters. The Labute approximate surface area is 126 Å². The van der Waals surface area contributed by atoms with Crippen molar-refractivity contribution in [3.05, 3.63) is 46.2 Å². The standard InChI is InChI=1S/C11H10Cl2N4O2S/c1-7-14-3-2-8(17-7)5-16-20(18,19)9-4-10(12)11(13)15-6-9/h2-4,6,16H,5H2,1H3. The first kappa shape index (κ1) is 15.1. The highest BCUT2D eigenvalue weighted by molar-refractivity contribution is 7.89. The normalized spacial score (nSPS) is 11.6. The second kappa shape index (κ2) is 6.01. The lowest BCUT2D eigenvalue weighted by molar-refractivity contribution is 0.579. The summed E-state index contributed by atoms with van der Waals surface area (Å²) < 4.78 is 26.5. The molecule has 2 aromatic heterocycles. The zero-order valence-electron chi connectivity index (χ0n) is 10.3. The maximum Gasteiger partial charge on any atom is 0.242 e. The molecule has 2 rings (SSSR count). The van der Waals surface area contributed by atoms with Crippen LogP contribution >= 0.6 is 23.2 Å². The third-order valence-corrected chi connectivity index (χ3v) is 4.41. The molecule has 0 saturated heterocycles. The van der Waals surface area contributed by atoms with Gasteiger partial charge in [0.1, 0.15) is 15.9 Å². The van der Waals surface area contributed by atoms with Gasteiger partial charge in [0, 0.05) is 12.4 Å². The van der Waals surface area contributed by atoms with Crippen molar-refractivity contribution in [1.29, 1.82) is 0 Å². The molecule has 0 unspecified atom stereocenters. The van der Waals surface area contributed by atoms with Gasteiger partial charge in [-0.3, -0.25) is 0 Å². The first-order chi connectivity index (χ1) is 9.38. The molecule has 0 aliphatic carbocycles. The quantitative estimate of drug-likeness (QED) is 0.865. The number of aromatic nitrogens is 3. The lowest BCUT2D eigenvalue weighted by atomic mass is 10.4. The Morgan fingerprint density at radius 1 is 1.30 bits per heavy atom. The summed E-state index contributed by atoms with van der Waals surface area (Å²) in [5.74, 6) is 0.568. The third kappa shape index (κ3) is 3.63. The molecule has 0 saturated carbocycles. The van der Waals surface area contributed by atoms with E-state index in [-0.39, 0.29) is 21.6 Å². The van der Waals surface area contributed by atoms with Crippen molar-refractivity contribution in [2.24, 2.45) is 0 Å². The van der Waals surface area contributed by atoms with Crippen LogP contribution in [-0.4, -0.2) is 23.4 Å². The summed E-state index contributed by atoms with van der Waals surface area (Å²) in [4.78, 5) is 11.7. The van der Waals surface area contributed by atoms with Crippen molar-refractivity contribution in [1.82, 2.24) is 19.7 Å². The fourth-order valence-corrected chi connectivity index (χ4v) is 2.71. The van der Waals surface area contributed by atoms with E-state index in [9.17, 15) is 8.42 Å². The van der Waals surface area contributed by atoms with Gasteiger partial charge in [-0.15, -0.1) is 0 Å². The fourth-order valence-electron chi connectivity index (χ4n) is 1.41.